The number of hydrogen-bond acceptors (Lipinski definition) is 8. The summed E-state index contributed by atoms with van der Waals surface area (Å²) < 4.78 is 22.8. The minimum Gasteiger partial charge on any atom is -0.493 e. The highest BCUT2D eigenvalue weighted by molar-refractivity contribution is 7.99. The predicted molar refractivity (Wildman–Crippen MR) is 219 cm³/mol. The topological polar surface area (TPSA) is 61.6 Å². The zero-order valence-corrected chi connectivity index (χ0v) is 34.0. The number of methoxy groups -OCH3 is 4. The summed E-state index contributed by atoms with van der Waals surface area (Å²) in [5.41, 5.74) is 4.80. The van der Waals surface area contributed by atoms with Crippen molar-refractivity contribution in [2.24, 2.45) is 9.98 Å². The second-order valence-electron chi connectivity index (χ2n) is 15.2. The minimum absolute atomic E-state index is 0.0585. The van der Waals surface area contributed by atoms with Gasteiger partial charge in [0.15, 0.2) is 23.0 Å². The van der Waals surface area contributed by atoms with Crippen molar-refractivity contribution >= 4 is 36.0 Å². The van der Waals surface area contributed by atoms with Crippen molar-refractivity contribution < 1.29 is 18.9 Å². The first-order chi connectivity index (χ1) is 24.8. The van der Waals surface area contributed by atoms with Crippen LogP contribution in [-0.4, -0.2) is 53.0 Å². The molecule has 0 heterocycles. The van der Waals surface area contributed by atoms with E-state index in [1.54, 1.807) is 52.0 Å². The fraction of sp³-hybridized carbons (Fsp3) is 0.409. The summed E-state index contributed by atoms with van der Waals surface area (Å²) in [4.78, 5) is 14.8. The number of rotatable bonds is 12. The average molecular weight is 739 g/mol. The van der Waals surface area contributed by atoms with Crippen LogP contribution in [0.25, 0.3) is 0 Å². The SMILES string of the molecule is COc1cc(C=N[C@@H]2CCCC[C@H]2N=Cc2cc(OC)c(OC)cc2Sc2ccc(C(C)(C)C)cc2)c(Sc2ccc(C(C)(C)C)cc2)cc1OC. The van der Waals surface area contributed by atoms with Gasteiger partial charge < -0.3 is 18.9 Å². The molecule has 0 bridgehead atoms. The molecule has 1 aliphatic rings. The second-order valence-corrected chi connectivity index (χ2v) is 17.4. The molecule has 8 heteroatoms. The molecule has 5 rings (SSSR count). The van der Waals surface area contributed by atoms with Gasteiger partial charge in [0.1, 0.15) is 0 Å². The van der Waals surface area contributed by atoms with E-state index in [1.165, 1.54) is 11.1 Å². The Hall–Kier alpha value is -3.88. The van der Waals surface area contributed by atoms with E-state index in [1.807, 2.05) is 36.7 Å². The van der Waals surface area contributed by atoms with Crippen LogP contribution in [0.3, 0.4) is 0 Å². The molecular formula is C44H54N2O4S2. The maximum absolute atomic E-state index is 5.70. The third kappa shape index (κ3) is 9.95. The van der Waals surface area contributed by atoms with Crippen LogP contribution in [0.1, 0.15) is 89.5 Å². The summed E-state index contributed by atoms with van der Waals surface area (Å²) in [6, 6.07) is 25.9. The standard InChI is InChI=1S/C44H54N2O4S2/c1-43(2,3)31-15-19-33(20-16-31)51-41-25-39(49-9)37(47-7)23-29(41)27-45-35-13-11-12-14-36(35)46-28-30-24-38(48-8)40(50-10)26-42(30)52-34-21-17-32(18-22-34)44(4,5)6/h15-28,35-36H,11-14H2,1-10H3/t35-,36-/m1/s1. The van der Waals surface area contributed by atoms with Crippen LogP contribution in [0.4, 0.5) is 0 Å². The normalized spacial score (nSPS) is 16.7. The van der Waals surface area contributed by atoms with Gasteiger partial charge in [-0.15, -0.1) is 0 Å². The van der Waals surface area contributed by atoms with Crippen molar-refractivity contribution in [1.29, 1.82) is 0 Å². The lowest BCUT2D eigenvalue weighted by Gasteiger charge is -2.26. The largest absolute Gasteiger partial charge is 0.493 e. The first-order valence-electron chi connectivity index (χ1n) is 18.0. The maximum Gasteiger partial charge on any atom is 0.161 e. The fourth-order valence-electron chi connectivity index (χ4n) is 6.22. The van der Waals surface area contributed by atoms with Crippen LogP contribution in [0.2, 0.25) is 0 Å². The van der Waals surface area contributed by atoms with Gasteiger partial charge in [-0.05, 0) is 83.3 Å². The number of aliphatic imine (C=N–C) groups is 2. The Kier molecular flexibility index (Phi) is 13.1. The van der Waals surface area contributed by atoms with Crippen molar-refractivity contribution in [1.82, 2.24) is 0 Å². The summed E-state index contributed by atoms with van der Waals surface area (Å²) in [6.45, 7) is 13.4. The molecular weight excluding hydrogens is 685 g/mol. The highest BCUT2D eigenvalue weighted by Gasteiger charge is 2.24. The smallest absolute Gasteiger partial charge is 0.161 e. The molecule has 0 aromatic heterocycles. The van der Waals surface area contributed by atoms with Crippen LogP contribution in [0.15, 0.2) is 102 Å². The van der Waals surface area contributed by atoms with Crippen LogP contribution >= 0.6 is 23.5 Å². The van der Waals surface area contributed by atoms with Gasteiger partial charge in [0.05, 0.1) is 40.5 Å². The van der Waals surface area contributed by atoms with E-state index in [4.69, 9.17) is 28.9 Å². The summed E-state index contributed by atoms with van der Waals surface area (Å²) in [5.74, 6) is 2.76. The molecule has 1 fully saturated rings. The van der Waals surface area contributed by atoms with Gasteiger partial charge in [-0.25, -0.2) is 0 Å². The van der Waals surface area contributed by atoms with Crippen LogP contribution in [-0.2, 0) is 10.8 Å². The Balaban J connectivity index is 1.43. The predicted octanol–water partition coefficient (Wildman–Crippen LogP) is 11.5. The quantitative estimate of drug-likeness (QED) is 0.135. The number of nitrogens with zero attached hydrogens (tertiary/aromatic N) is 2. The Bertz CT molecular complexity index is 1720. The molecule has 0 spiro atoms. The molecule has 0 amide bonds. The summed E-state index contributed by atoms with van der Waals surface area (Å²) in [6.07, 6.45) is 8.23. The van der Waals surface area contributed by atoms with Crippen LogP contribution < -0.4 is 18.9 Å². The van der Waals surface area contributed by atoms with Crippen molar-refractivity contribution in [3.63, 3.8) is 0 Å². The first kappa shape index (κ1) is 39.3. The molecule has 0 aliphatic heterocycles. The van der Waals surface area contributed by atoms with E-state index in [0.29, 0.717) is 23.0 Å². The Labute approximate surface area is 319 Å². The highest BCUT2D eigenvalue weighted by atomic mass is 32.2. The first-order valence-corrected chi connectivity index (χ1v) is 19.6. The number of ether oxygens (including phenoxy) is 4. The van der Waals surface area contributed by atoms with Crippen molar-refractivity contribution in [2.45, 2.75) is 110 Å². The van der Waals surface area contributed by atoms with E-state index in [2.05, 4.69) is 90.1 Å². The molecule has 1 aliphatic carbocycles. The molecule has 1 saturated carbocycles. The highest BCUT2D eigenvalue weighted by Crippen LogP contribution is 2.40. The third-order valence-corrected chi connectivity index (χ3v) is 11.6. The fourth-order valence-corrected chi connectivity index (χ4v) is 8.07. The molecule has 0 unspecified atom stereocenters. The lowest BCUT2D eigenvalue weighted by atomic mass is 9.87. The Morgan fingerprint density at radius 2 is 0.846 bits per heavy atom. The zero-order valence-electron chi connectivity index (χ0n) is 32.4. The van der Waals surface area contributed by atoms with Gasteiger partial charge in [0, 0.05) is 43.1 Å². The van der Waals surface area contributed by atoms with Gasteiger partial charge in [0.25, 0.3) is 0 Å². The lowest BCUT2D eigenvalue weighted by molar-refractivity contribution is 0.354. The Morgan fingerprint density at radius 3 is 1.15 bits per heavy atom. The summed E-state index contributed by atoms with van der Waals surface area (Å²) >= 11 is 3.41. The lowest BCUT2D eigenvalue weighted by Crippen LogP contribution is -2.27. The van der Waals surface area contributed by atoms with E-state index in [9.17, 15) is 0 Å². The van der Waals surface area contributed by atoms with Gasteiger partial charge >= 0.3 is 0 Å². The summed E-state index contributed by atoms with van der Waals surface area (Å²) in [5, 5.41) is 0. The number of hydrogen-bond donors (Lipinski definition) is 0. The summed E-state index contributed by atoms with van der Waals surface area (Å²) in [7, 11) is 6.69. The molecule has 0 saturated heterocycles. The van der Waals surface area contributed by atoms with Crippen molar-refractivity contribution in [3.8, 4) is 23.0 Å². The molecule has 52 heavy (non-hydrogen) atoms. The molecule has 4 aromatic carbocycles. The van der Waals surface area contributed by atoms with Crippen molar-refractivity contribution in [2.75, 3.05) is 28.4 Å². The molecule has 0 N–H and O–H groups in total. The molecule has 4 aromatic rings. The monoisotopic (exact) mass is 738 g/mol. The van der Waals surface area contributed by atoms with Crippen molar-refractivity contribution in [3.05, 3.63) is 95.1 Å². The van der Waals surface area contributed by atoms with Gasteiger partial charge in [-0.3, -0.25) is 9.98 Å². The van der Waals surface area contributed by atoms with Gasteiger partial charge in [-0.1, -0.05) is 102 Å². The van der Waals surface area contributed by atoms with Crippen LogP contribution in [0, 0.1) is 0 Å². The Morgan fingerprint density at radius 1 is 0.519 bits per heavy atom. The third-order valence-electron chi connectivity index (χ3n) is 9.43. The average Bonchev–Trinajstić information content (AvgIpc) is 3.13. The van der Waals surface area contributed by atoms with E-state index >= 15 is 0 Å². The molecule has 2 atom stereocenters. The number of benzene rings is 4. The maximum atomic E-state index is 5.70. The zero-order chi connectivity index (χ0) is 37.5. The van der Waals surface area contributed by atoms with E-state index < -0.39 is 0 Å². The van der Waals surface area contributed by atoms with Crippen LogP contribution in [0.5, 0.6) is 23.0 Å². The van der Waals surface area contributed by atoms with E-state index in [0.717, 1.165) is 56.4 Å². The molecule has 0 radical (unpaired) electrons. The molecule has 276 valence electrons. The second kappa shape index (κ2) is 17.3. The van der Waals surface area contributed by atoms with Gasteiger partial charge in [0.2, 0.25) is 0 Å². The molecule has 6 nitrogen and oxygen atoms in total. The van der Waals surface area contributed by atoms with E-state index in [-0.39, 0.29) is 22.9 Å². The minimum atomic E-state index is 0.0585. The van der Waals surface area contributed by atoms with Gasteiger partial charge in [-0.2, -0.15) is 0 Å².